The number of nitrogens with one attached hydrogen (secondary N) is 1. The van der Waals surface area contributed by atoms with Gasteiger partial charge in [-0.25, -0.2) is 4.39 Å². The van der Waals surface area contributed by atoms with Crippen LogP contribution >= 0.6 is 12.2 Å². The molecule has 0 atom stereocenters. The molecule has 2 rings (SSSR count). The predicted molar refractivity (Wildman–Crippen MR) is 76.5 cm³/mol. The van der Waals surface area contributed by atoms with E-state index < -0.39 is 0 Å². The van der Waals surface area contributed by atoms with Gasteiger partial charge in [0.2, 0.25) is 0 Å². The summed E-state index contributed by atoms with van der Waals surface area (Å²) in [4.78, 5) is 14.0. The molecule has 0 aromatic heterocycles. The molecule has 1 heterocycles. The van der Waals surface area contributed by atoms with Gasteiger partial charge in [-0.05, 0) is 49.3 Å². The lowest BCUT2D eigenvalue weighted by Crippen LogP contribution is -2.43. The molecule has 1 aliphatic rings. The lowest BCUT2D eigenvalue weighted by molar-refractivity contribution is 0.0973. The highest BCUT2D eigenvalue weighted by Gasteiger charge is 2.15. The molecule has 0 radical (unpaired) electrons. The van der Waals surface area contributed by atoms with Crippen molar-refractivity contribution in [2.75, 3.05) is 13.1 Å². The van der Waals surface area contributed by atoms with E-state index in [-0.39, 0.29) is 11.7 Å². The van der Waals surface area contributed by atoms with Crippen molar-refractivity contribution >= 4 is 23.2 Å². The van der Waals surface area contributed by atoms with Crippen LogP contribution in [0, 0.1) is 5.82 Å². The number of amides is 1. The van der Waals surface area contributed by atoms with E-state index >= 15 is 0 Å². The van der Waals surface area contributed by atoms with E-state index in [9.17, 15) is 9.18 Å². The molecule has 0 bridgehead atoms. The molecule has 5 heteroatoms. The molecule has 1 amide bonds. The molecule has 0 aliphatic carbocycles. The van der Waals surface area contributed by atoms with E-state index in [1.165, 1.54) is 37.1 Å². The summed E-state index contributed by atoms with van der Waals surface area (Å²) in [6, 6.07) is 5.44. The predicted octanol–water partition coefficient (Wildman–Crippen LogP) is 2.72. The van der Waals surface area contributed by atoms with Crippen molar-refractivity contribution in [1.82, 2.24) is 10.2 Å². The maximum atomic E-state index is 12.8. The highest BCUT2D eigenvalue weighted by atomic mass is 32.1. The number of likely N-dealkylation sites (tertiary alicyclic amines) is 1. The van der Waals surface area contributed by atoms with Crippen LogP contribution in [0.15, 0.2) is 24.3 Å². The molecule has 1 aromatic rings. The lowest BCUT2D eigenvalue weighted by atomic mass is 10.2. The first-order chi connectivity index (χ1) is 9.16. The van der Waals surface area contributed by atoms with Crippen molar-refractivity contribution < 1.29 is 9.18 Å². The quantitative estimate of drug-likeness (QED) is 0.803. The number of benzene rings is 1. The zero-order chi connectivity index (χ0) is 13.7. The first-order valence-electron chi connectivity index (χ1n) is 6.52. The number of rotatable bonds is 1. The Hall–Kier alpha value is -1.49. The number of halogens is 1. The van der Waals surface area contributed by atoms with Gasteiger partial charge in [0.25, 0.3) is 5.91 Å². The Morgan fingerprint density at radius 2 is 1.68 bits per heavy atom. The molecular formula is C14H17FN2OS. The number of nitrogens with zero attached hydrogens (tertiary/aromatic N) is 1. The summed E-state index contributed by atoms with van der Waals surface area (Å²) in [5, 5.41) is 3.18. The average Bonchev–Trinajstić information content (AvgIpc) is 2.68. The Balaban J connectivity index is 1.94. The second-order valence-electron chi connectivity index (χ2n) is 4.67. The average molecular weight is 280 g/mol. The van der Waals surface area contributed by atoms with Crippen molar-refractivity contribution in [1.29, 1.82) is 0 Å². The van der Waals surface area contributed by atoms with Gasteiger partial charge in [0, 0.05) is 18.7 Å². The number of hydrogen-bond acceptors (Lipinski definition) is 2. The van der Waals surface area contributed by atoms with Crippen LogP contribution in [0.25, 0.3) is 0 Å². The van der Waals surface area contributed by atoms with Crippen molar-refractivity contribution in [2.24, 2.45) is 0 Å². The van der Waals surface area contributed by atoms with Crippen LogP contribution in [0.3, 0.4) is 0 Å². The minimum absolute atomic E-state index is 0.283. The fourth-order valence-electron chi connectivity index (χ4n) is 2.12. The van der Waals surface area contributed by atoms with Crippen LogP contribution < -0.4 is 5.32 Å². The van der Waals surface area contributed by atoms with E-state index in [0.717, 1.165) is 25.9 Å². The summed E-state index contributed by atoms with van der Waals surface area (Å²) >= 11 is 5.26. The molecule has 1 saturated heterocycles. The zero-order valence-corrected chi connectivity index (χ0v) is 11.5. The van der Waals surface area contributed by atoms with Crippen molar-refractivity contribution in [2.45, 2.75) is 25.7 Å². The highest BCUT2D eigenvalue weighted by molar-refractivity contribution is 7.80. The van der Waals surface area contributed by atoms with Crippen LogP contribution in [-0.4, -0.2) is 29.0 Å². The summed E-state index contributed by atoms with van der Waals surface area (Å²) in [5.74, 6) is -0.638. The smallest absolute Gasteiger partial charge is 0.257 e. The third-order valence-corrected chi connectivity index (χ3v) is 3.58. The molecule has 1 aromatic carbocycles. The minimum Gasteiger partial charge on any atom is -0.349 e. The molecule has 1 N–H and O–H groups in total. The van der Waals surface area contributed by atoms with Gasteiger partial charge in [0.1, 0.15) is 5.82 Å². The van der Waals surface area contributed by atoms with E-state index in [1.54, 1.807) is 0 Å². The minimum atomic E-state index is -0.355. The molecule has 0 spiro atoms. The molecule has 0 unspecified atom stereocenters. The first kappa shape index (κ1) is 13.9. The molecule has 1 fully saturated rings. The van der Waals surface area contributed by atoms with Crippen LogP contribution in [0.1, 0.15) is 36.0 Å². The van der Waals surface area contributed by atoms with E-state index in [0.29, 0.717) is 10.7 Å². The van der Waals surface area contributed by atoms with Crippen molar-refractivity contribution in [3.05, 3.63) is 35.6 Å². The van der Waals surface area contributed by atoms with Crippen LogP contribution in [0.5, 0.6) is 0 Å². The fourth-order valence-corrected chi connectivity index (χ4v) is 2.40. The van der Waals surface area contributed by atoms with Gasteiger partial charge in [-0.1, -0.05) is 12.8 Å². The van der Waals surface area contributed by atoms with Crippen LogP contribution in [0.2, 0.25) is 0 Å². The normalized spacial score (nSPS) is 15.7. The molecule has 102 valence electrons. The van der Waals surface area contributed by atoms with Gasteiger partial charge in [-0.2, -0.15) is 0 Å². The second-order valence-corrected chi connectivity index (χ2v) is 5.05. The molecule has 1 aliphatic heterocycles. The van der Waals surface area contributed by atoms with Crippen LogP contribution in [-0.2, 0) is 0 Å². The number of hydrogen-bond donors (Lipinski definition) is 1. The van der Waals surface area contributed by atoms with Gasteiger partial charge in [0.05, 0.1) is 0 Å². The highest BCUT2D eigenvalue weighted by Crippen LogP contribution is 2.10. The summed E-state index contributed by atoms with van der Waals surface area (Å²) in [6.45, 7) is 1.78. The topological polar surface area (TPSA) is 32.3 Å². The number of thiocarbonyl (C=S) groups is 1. The van der Waals surface area contributed by atoms with E-state index in [1.807, 2.05) is 4.90 Å². The Bertz CT molecular complexity index is 453. The Labute approximate surface area is 117 Å². The molecule has 19 heavy (non-hydrogen) atoms. The monoisotopic (exact) mass is 280 g/mol. The van der Waals surface area contributed by atoms with Gasteiger partial charge >= 0.3 is 0 Å². The Morgan fingerprint density at radius 1 is 1.11 bits per heavy atom. The molecule has 3 nitrogen and oxygen atoms in total. The summed E-state index contributed by atoms with van der Waals surface area (Å²) < 4.78 is 12.8. The third-order valence-electron chi connectivity index (χ3n) is 3.22. The number of carbonyl (C=O) groups excluding carboxylic acids is 1. The van der Waals surface area contributed by atoms with E-state index in [2.05, 4.69) is 5.32 Å². The SMILES string of the molecule is O=C(NC(=S)N1CCCCCC1)c1ccc(F)cc1. The first-order valence-corrected chi connectivity index (χ1v) is 6.93. The van der Waals surface area contributed by atoms with Crippen molar-refractivity contribution in [3.8, 4) is 0 Å². The number of carbonyl (C=O) groups is 1. The molecular weight excluding hydrogens is 263 g/mol. The Kier molecular flexibility index (Phi) is 4.85. The maximum absolute atomic E-state index is 12.8. The largest absolute Gasteiger partial charge is 0.349 e. The fraction of sp³-hybridized carbons (Fsp3) is 0.429. The van der Waals surface area contributed by atoms with Gasteiger partial charge in [0.15, 0.2) is 5.11 Å². The summed E-state index contributed by atoms with van der Waals surface area (Å²) in [6.07, 6.45) is 4.63. The Morgan fingerprint density at radius 3 is 2.26 bits per heavy atom. The van der Waals surface area contributed by atoms with Crippen LogP contribution in [0.4, 0.5) is 4.39 Å². The molecule has 0 saturated carbocycles. The van der Waals surface area contributed by atoms with E-state index in [4.69, 9.17) is 12.2 Å². The maximum Gasteiger partial charge on any atom is 0.257 e. The second kappa shape index (κ2) is 6.61. The van der Waals surface area contributed by atoms with Gasteiger partial charge in [-0.3, -0.25) is 10.1 Å². The summed E-state index contributed by atoms with van der Waals surface area (Å²) in [7, 11) is 0. The third kappa shape index (κ3) is 3.99. The summed E-state index contributed by atoms with van der Waals surface area (Å²) in [5.41, 5.74) is 0.415. The zero-order valence-electron chi connectivity index (χ0n) is 10.7. The van der Waals surface area contributed by atoms with Crippen molar-refractivity contribution in [3.63, 3.8) is 0 Å². The van der Waals surface area contributed by atoms with Gasteiger partial charge in [-0.15, -0.1) is 0 Å². The standard InChI is InChI=1S/C14H17FN2OS/c15-12-7-5-11(6-8-12)13(18)16-14(19)17-9-3-1-2-4-10-17/h5-8H,1-4,9-10H2,(H,16,18,19). The lowest BCUT2D eigenvalue weighted by Gasteiger charge is -2.23. The van der Waals surface area contributed by atoms with Gasteiger partial charge < -0.3 is 4.90 Å².